The molecular formula is C10H7F3N2. The Morgan fingerprint density at radius 3 is 2.53 bits per heavy atom. The van der Waals surface area contributed by atoms with Gasteiger partial charge in [0.25, 0.3) is 0 Å². The molecule has 0 spiro atoms. The second-order valence-electron chi connectivity index (χ2n) is 3.10. The molecule has 0 atom stereocenters. The third-order valence-corrected chi connectivity index (χ3v) is 2.10. The molecule has 0 fully saturated rings. The maximum absolute atomic E-state index is 12.7. The molecule has 0 unspecified atom stereocenters. The molecule has 78 valence electrons. The number of alkyl halides is 3. The quantitative estimate of drug-likeness (QED) is 0.682. The van der Waals surface area contributed by atoms with Crippen LogP contribution in [0.2, 0.25) is 0 Å². The molecule has 0 saturated carbocycles. The third-order valence-electron chi connectivity index (χ3n) is 2.10. The van der Waals surface area contributed by atoms with Crippen molar-refractivity contribution >= 4 is 16.6 Å². The average Bonchev–Trinajstić information content (AvgIpc) is 2.15. The van der Waals surface area contributed by atoms with Gasteiger partial charge in [0.05, 0.1) is 11.1 Å². The summed E-state index contributed by atoms with van der Waals surface area (Å²) in [4.78, 5) is 3.84. The number of hydrogen-bond acceptors (Lipinski definition) is 2. The van der Waals surface area contributed by atoms with Crippen molar-refractivity contribution in [3.8, 4) is 0 Å². The van der Waals surface area contributed by atoms with Crippen LogP contribution in [0, 0.1) is 0 Å². The van der Waals surface area contributed by atoms with Crippen molar-refractivity contribution in [1.29, 1.82) is 0 Å². The van der Waals surface area contributed by atoms with Crippen molar-refractivity contribution in [2.45, 2.75) is 6.18 Å². The number of pyridine rings is 1. The molecule has 2 nitrogen and oxygen atoms in total. The first-order valence-corrected chi connectivity index (χ1v) is 4.20. The highest BCUT2D eigenvalue weighted by molar-refractivity contribution is 5.87. The second kappa shape index (κ2) is 3.12. The molecule has 0 amide bonds. The van der Waals surface area contributed by atoms with E-state index in [1.807, 2.05) is 0 Å². The third kappa shape index (κ3) is 1.60. The lowest BCUT2D eigenvalue weighted by atomic mass is 10.1. The number of rotatable bonds is 0. The fourth-order valence-corrected chi connectivity index (χ4v) is 1.49. The summed E-state index contributed by atoms with van der Waals surface area (Å²) >= 11 is 0. The molecule has 0 radical (unpaired) electrons. The molecule has 5 heteroatoms. The minimum absolute atomic E-state index is 0.0324. The molecule has 15 heavy (non-hydrogen) atoms. The summed E-state index contributed by atoms with van der Waals surface area (Å²) < 4.78 is 38.0. The van der Waals surface area contributed by atoms with Gasteiger partial charge in [0.15, 0.2) is 0 Å². The summed E-state index contributed by atoms with van der Waals surface area (Å²) in [5, 5.41) is 0.0324. The second-order valence-corrected chi connectivity index (χ2v) is 3.10. The minimum atomic E-state index is -4.45. The summed E-state index contributed by atoms with van der Waals surface area (Å²) in [6.07, 6.45) is -3.01. The highest BCUT2D eigenvalue weighted by Gasteiger charge is 2.34. The van der Waals surface area contributed by atoms with Gasteiger partial charge in [-0.3, -0.25) is 4.98 Å². The van der Waals surface area contributed by atoms with Gasteiger partial charge < -0.3 is 5.73 Å². The van der Waals surface area contributed by atoms with Gasteiger partial charge in [-0.25, -0.2) is 0 Å². The van der Waals surface area contributed by atoms with Crippen LogP contribution in [-0.4, -0.2) is 4.98 Å². The molecular weight excluding hydrogens is 205 g/mol. The zero-order valence-electron chi connectivity index (χ0n) is 7.55. The molecule has 2 aromatic rings. The van der Waals surface area contributed by atoms with E-state index < -0.39 is 11.7 Å². The Hall–Kier alpha value is -1.78. The van der Waals surface area contributed by atoms with Crippen LogP contribution in [0.15, 0.2) is 30.5 Å². The molecule has 0 aliphatic heterocycles. The first-order valence-electron chi connectivity index (χ1n) is 4.20. The zero-order chi connectivity index (χ0) is 11.1. The van der Waals surface area contributed by atoms with Crippen molar-refractivity contribution in [2.24, 2.45) is 0 Å². The van der Waals surface area contributed by atoms with Crippen LogP contribution in [0.1, 0.15) is 5.56 Å². The molecule has 0 aliphatic rings. The van der Waals surface area contributed by atoms with E-state index in [0.717, 1.165) is 0 Å². The predicted molar refractivity (Wildman–Crippen MR) is 51.2 cm³/mol. The lowest BCUT2D eigenvalue weighted by Gasteiger charge is -2.12. The molecule has 1 heterocycles. The van der Waals surface area contributed by atoms with Crippen LogP contribution in [0.3, 0.4) is 0 Å². The van der Waals surface area contributed by atoms with Crippen LogP contribution < -0.4 is 5.73 Å². The Kier molecular flexibility index (Phi) is 2.03. The average molecular weight is 212 g/mol. The van der Waals surface area contributed by atoms with Crippen LogP contribution in [-0.2, 0) is 6.18 Å². The van der Waals surface area contributed by atoms with Crippen molar-refractivity contribution in [2.75, 3.05) is 5.73 Å². The zero-order valence-corrected chi connectivity index (χ0v) is 7.55. The lowest BCUT2D eigenvalue weighted by Crippen LogP contribution is -2.09. The molecule has 0 bridgehead atoms. The highest BCUT2D eigenvalue weighted by atomic mass is 19.4. The van der Waals surface area contributed by atoms with E-state index in [-0.39, 0.29) is 11.1 Å². The predicted octanol–water partition coefficient (Wildman–Crippen LogP) is 2.84. The van der Waals surface area contributed by atoms with E-state index in [1.165, 1.54) is 30.5 Å². The van der Waals surface area contributed by atoms with E-state index in [2.05, 4.69) is 4.98 Å². The number of halogens is 3. The van der Waals surface area contributed by atoms with Crippen molar-refractivity contribution in [3.63, 3.8) is 0 Å². The number of nitrogen functional groups attached to an aromatic ring is 1. The molecule has 2 N–H and O–H groups in total. The molecule has 0 aliphatic carbocycles. The molecule has 2 rings (SSSR count). The molecule has 1 aromatic heterocycles. The van der Waals surface area contributed by atoms with Crippen LogP contribution >= 0.6 is 0 Å². The number of nitrogens with zero attached hydrogens (tertiary/aromatic N) is 1. The Labute approximate surface area is 83.5 Å². The summed E-state index contributed by atoms with van der Waals surface area (Å²) in [5.41, 5.74) is 4.53. The standard InChI is InChI=1S/C10H7F3N2/c11-10(12,13)9-6-2-1-5-15-8(6)4-3-7(9)14/h1-5H,14H2. The Morgan fingerprint density at radius 2 is 1.87 bits per heavy atom. The smallest absolute Gasteiger partial charge is 0.398 e. The van der Waals surface area contributed by atoms with E-state index in [1.54, 1.807) is 0 Å². The first-order chi connectivity index (χ1) is 7.00. The number of nitrogens with two attached hydrogens (primary N) is 1. The van der Waals surface area contributed by atoms with E-state index in [9.17, 15) is 13.2 Å². The Bertz CT molecular complexity index is 505. The van der Waals surface area contributed by atoms with Crippen LogP contribution in [0.5, 0.6) is 0 Å². The Balaban J connectivity index is 2.86. The maximum atomic E-state index is 12.7. The fourth-order valence-electron chi connectivity index (χ4n) is 1.49. The summed E-state index contributed by atoms with van der Waals surface area (Å²) in [6, 6.07) is 5.51. The van der Waals surface area contributed by atoms with Gasteiger partial charge in [0, 0.05) is 17.3 Å². The summed E-state index contributed by atoms with van der Waals surface area (Å²) in [7, 11) is 0. The lowest BCUT2D eigenvalue weighted by molar-refractivity contribution is -0.135. The van der Waals surface area contributed by atoms with Gasteiger partial charge in [0.1, 0.15) is 0 Å². The largest absolute Gasteiger partial charge is 0.419 e. The van der Waals surface area contributed by atoms with Crippen LogP contribution in [0.25, 0.3) is 10.9 Å². The van der Waals surface area contributed by atoms with Gasteiger partial charge >= 0.3 is 6.18 Å². The van der Waals surface area contributed by atoms with Gasteiger partial charge in [-0.15, -0.1) is 0 Å². The first kappa shape index (κ1) is 9.76. The normalized spacial score (nSPS) is 11.9. The van der Waals surface area contributed by atoms with Crippen LogP contribution in [0.4, 0.5) is 18.9 Å². The summed E-state index contributed by atoms with van der Waals surface area (Å²) in [6.45, 7) is 0. The van der Waals surface area contributed by atoms with Gasteiger partial charge in [-0.2, -0.15) is 13.2 Å². The fraction of sp³-hybridized carbons (Fsp3) is 0.100. The number of benzene rings is 1. The van der Waals surface area contributed by atoms with Crippen molar-refractivity contribution in [1.82, 2.24) is 4.98 Å². The monoisotopic (exact) mass is 212 g/mol. The van der Waals surface area contributed by atoms with Crippen molar-refractivity contribution < 1.29 is 13.2 Å². The summed E-state index contributed by atoms with van der Waals surface area (Å²) in [5.74, 6) is 0. The number of fused-ring (bicyclic) bond motifs is 1. The topological polar surface area (TPSA) is 38.9 Å². The number of hydrogen-bond donors (Lipinski definition) is 1. The highest BCUT2D eigenvalue weighted by Crippen LogP contribution is 2.38. The SMILES string of the molecule is Nc1ccc2ncccc2c1C(F)(F)F. The van der Waals surface area contributed by atoms with Crippen molar-refractivity contribution in [3.05, 3.63) is 36.0 Å². The van der Waals surface area contributed by atoms with Gasteiger partial charge in [-0.05, 0) is 18.2 Å². The maximum Gasteiger partial charge on any atom is 0.419 e. The van der Waals surface area contributed by atoms with E-state index in [4.69, 9.17) is 5.73 Å². The Morgan fingerprint density at radius 1 is 1.13 bits per heavy atom. The minimum Gasteiger partial charge on any atom is -0.398 e. The molecule has 1 aromatic carbocycles. The van der Waals surface area contributed by atoms with Gasteiger partial charge in [-0.1, -0.05) is 6.07 Å². The van der Waals surface area contributed by atoms with E-state index in [0.29, 0.717) is 5.52 Å². The number of anilines is 1. The van der Waals surface area contributed by atoms with Gasteiger partial charge in [0.2, 0.25) is 0 Å². The van der Waals surface area contributed by atoms with E-state index >= 15 is 0 Å². The molecule has 0 saturated heterocycles. The number of aromatic nitrogens is 1.